The lowest BCUT2D eigenvalue weighted by molar-refractivity contribution is -0.125. The molecule has 0 fully saturated rings. The number of phenolic OH excluding ortho intramolecular Hbond substituents is 1. The molecule has 1 aromatic carbocycles. The van der Waals surface area contributed by atoms with Crippen LogP contribution in [-0.2, 0) is 25.6 Å². The standard InChI is InChI=1S/C28H35N3O8/c1-28(2,3)30-20(36)9-7-13-6-8-16(32)22-15(13)10-14-11-19(35)24(31(4)5)26(38)23(27(29)39)18(34)12-17(33)21(14)25(22)37/h6-9,14,19,24,32,35,37-38H,10-12H2,1-5H3,(H2,29,39)(H,30,36)/b9-7+,26-23-/t14-,19-,24-/m0/s1. The number of aromatic hydroxyl groups is 1. The van der Waals surface area contributed by atoms with Crippen LogP contribution in [0.5, 0.6) is 5.75 Å². The maximum absolute atomic E-state index is 13.3. The van der Waals surface area contributed by atoms with Crippen LogP contribution < -0.4 is 11.1 Å². The number of hydrogen-bond acceptors (Lipinski definition) is 9. The summed E-state index contributed by atoms with van der Waals surface area (Å²) in [4.78, 5) is 52.0. The lowest BCUT2D eigenvalue weighted by Gasteiger charge is -2.35. The van der Waals surface area contributed by atoms with Gasteiger partial charge in [0.1, 0.15) is 22.8 Å². The molecule has 3 atom stereocenters. The maximum atomic E-state index is 13.3. The van der Waals surface area contributed by atoms with Crippen LogP contribution in [0.25, 0.3) is 11.8 Å². The summed E-state index contributed by atoms with van der Waals surface area (Å²) in [5, 5.41) is 46.6. The molecule has 0 bridgehead atoms. The summed E-state index contributed by atoms with van der Waals surface area (Å²) in [7, 11) is 3.05. The van der Waals surface area contributed by atoms with Crippen LogP contribution in [0.15, 0.2) is 35.1 Å². The Hall–Kier alpha value is -3.96. The number of phenols is 1. The van der Waals surface area contributed by atoms with Crippen molar-refractivity contribution in [2.45, 2.75) is 57.7 Å². The molecular formula is C28H35N3O8. The smallest absolute Gasteiger partial charge is 0.255 e. The van der Waals surface area contributed by atoms with Crippen LogP contribution in [0.1, 0.15) is 50.3 Å². The first-order valence-corrected chi connectivity index (χ1v) is 12.5. The largest absolute Gasteiger partial charge is 0.510 e. The average molecular weight is 542 g/mol. The molecule has 2 aliphatic carbocycles. The summed E-state index contributed by atoms with van der Waals surface area (Å²) < 4.78 is 0. The molecule has 11 heteroatoms. The number of primary amides is 1. The number of amides is 2. The number of nitrogens with two attached hydrogens (primary N) is 1. The van der Waals surface area contributed by atoms with Crippen molar-refractivity contribution in [2.75, 3.05) is 14.1 Å². The Labute approximate surface area is 226 Å². The van der Waals surface area contributed by atoms with Crippen LogP contribution in [0.2, 0.25) is 0 Å². The van der Waals surface area contributed by atoms with Gasteiger partial charge in [0.2, 0.25) is 5.91 Å². The number of carbonyl (C=O) groups is 4. The number of rotatable bonds is 4. The summed E-state index contributed by atoms with van der Waals surface area (Å²) in [6.07, 6.45) is 0.495. The van der Waals surface area contributed by atoms with Crippen molar-refractivity contribution in [3.63, 3.8) is 0 Å². The number of nitrogens with one attached hydrogen (secondary N) is 1. The molecule has 3 rings (SSSR count). The maximum Gasteiger partial charge on any atom is 0.255 e. The Bertz CT molecular complexity index is 1320. The summed E-state index contributed by atoms with van der Waals surface area (Å²) in [6.45, 7) is 5.50. The molecule has 1 aromatic rings. The van der Waals surface area contributed by atoms with Gasteiger partial charge in [0.25, 0.3) is 5.91 Å². The number of allylic oxidation sites excluding steroid dienone is 1. The first kappa shape index (κ1) is 29.6. The second kappa shape index (κ2) is 11.0. The van der Waals surface area contributed by atoms with E-state index >= 15 is 0 Å². The Kier molecular flexibility index (Phi) is 8.37. The summed E-state index contributed by atoms with van der Waals surface area (Å²) in [5.41, 5.74) is 4.80. The molecule has 2 amide bonds. The second-order valence-corrected chi connectivity index (χ2v) is 11.1. The van der Waals surface area contributed by atoms with Crippen molar-refractivity contribution in [3.8, 4) is 5.75 Å². The quantitative estimate of drug-likeness (QED) is 0.185. The van der Waals surface area contributed by atoms with Crippen molar-refractivity contribution >= 4 is 35.2 Å². The van der Waals surface area contributed by atoms with Gasteiger partial charge in [-0.3, -0.25) is 24.1 Å². The van der Waals surface area contributed by atoms with Crippen molar-refractivity contribution in [1.29, 1.82) is 0 Å². The first-order chi connectivity index (χ1) is 18.0. The predicted octanol–water partition coefficient (Wildman–Crippen LogP) is 1.28. The molecule has 0 saturated carbocycles. The number of carbonyl (C=O) groups excluding carboxylic acids is 4. The number of hydrogen-bond donors (Lipinski definition) is 6. The van der Waals surface area contributed by atoms with Gasteiger partial charge < -0.3 is 31.5 Å². The van der Waals surface area contributed by atoms with Crippen molar-refractivity contribution in [3.05, 3.63) is 51.8 Å². The zero-order valence-electron chi connectivity index (χ0n) is 22.6. The molecule has 2 aliphatic rings. The first-order valence-electron chi connectivity index (χ1n) is 12.5. The van der Waals surface area contributed by atoms with E-state index in [9.17, 15) is 39.6 Å². The number of aliphatic hydroxyl groups is 3. The van der Waals surface area contributed by atoms with Gasteiger partial charge in [0.15, 0.2) is 11.6 Å². The molecule has 210 valence electrons. The molecule has 0 aliphatic heterocycles. The average Bonchev–Trinajstić information content (AvgIpc) is 2.76. The second-order valence-electron chi connectivity index (χ2n) is 11.1. The van der Waals surface area contributed by atoms with Gasteiger partial charge in [0, 0.05) is 17.2 Å². The summed E-state index contributed by atoms with van der Waals surface area (Å²) >= 11 is 0. The minimum Gasteiger partial charge on any atom is -0.510 e. The third-order valence-corrected chi connectivity index (χ3v) is 6.72. The highest BCUT2D eigenvalue weighted by molar-refractivity contribution is 6.25. The molecule has 0 radical (unpaired) electrons. The van der Waals surface area contributed by atoms with Crippen LogP contribution >= 0.6 is 0 Å². The lowest BCUT2D eigenvalue weighted by Crippen LogP contribution is -2.45. The molecule has 0 aromatic heterocycles. The molecule has 0 saturated heterocycles. The minimum atomic E-state index is -1.39. The molecule has 0 spiro atoms. The van der Waals surface area contributed by atoms with Crippen LogP contribution in [0, 0.1) is 5.92 Å². The Morgan fingerprint density at radius 2 is 1.74 bits per heavy atom. The normalized spacial score (nSPS) is 24.5. The van der Waals surface area contributed by atoms with E-state index in [1.165, 1.54) is 37.2 Å². The SMILES string of the molecule is CN(C)[C@@H]1/C(O)=C(/C(N)=O)C(=O)CC(=O)C2=C(O)c3c(O)ccc(/C=C/C(=O)NC(C)(C)C)c3C[C@H]2C[C@@H]1O. The van der Waals surface area contributed by atoms with E-state index in [1.807, 2.05) is 20.8 Å². The highest BCUT2D eigenvalue weighted by atomic mass is 16.3. The monoisotopic (exact) mass is 541 g/mol. The van der Waals surface area contributed by atoms with Gasteiger partial charge in [-0.2, -0.15) is 0 Å². The molecule has 0 heterocycles. The third kappa shape index (κ3) is 6.21. The predicted molar refractivity (Wildman–Crippen MR) is 143 cm³/mol. The van der Waals surface area contributed by atoms with Crippen molar-refractivity contribution < 1.29 is 39.6 Å². The lowest BCUT2D eigenvalue weighted by atomic mass is 9.74. The fraction of sp³-hybridized carbons (Fsp3) is 0.429. The fourth-order valence-corrected chi connectivity index (χ4v) is 5.18. The summed E-state index contributed by atoms with van der Waals surface area (Å²) in [6, 6.07) is 1.67. The number of nitrogens with zero attached hydrogens (tertiary/aromatic N) is 1. The zero-order valence-corrected chi connectivity index (χ0v) is 22.6. The third-order valence-electron chi connectivity index (χ3n) is 6.72. The molecule has 7 N–H and O–H groups in total. The molecule has 0 unspecified atom stereocenters. The summed E-state index contributed by atoms with van der Waals surface area (Å²) in [5.74, 6) is -5.94. The van der Waals surface area contributed by atoms with Crippen LogP contribution in [0.3, 0.4) is 0 Å². The molecular weight excluding hydrogens is 506 g/mol. The number of aliphatic hydroxyl groups excluding tert-OH is 3. The topological polar surface area (TPSA) is 190 Å². The van der Waals surface area contributed by atoms with Gasteiger partial charge in [0.05, 0.1) is 24.1 Å². The fourth-order valence-electron chi connectivity index (χ4n) is 5.18. The van der Waals surface area contributed by atoms with Crippen molar-refractivity contribution in [2.24, 2.45) is 11.7 Å². The van der Waals surface area contributed by atoms with E-state index in [-0.39, 0.29) is 35.6 Å². The van der Waals surface area contributed by atoms with E-state index in [0.717, 1.165) is 0 Å². The van der Waals surface area contributed by atoms with Gasteiger partial charge in [-0.05, 0) is 76.9 Å². The van der Waals surface area contributed by atoms with Gasteiger partial charge in [-0.25, -0.2) is 0 Å². The minimum absolute atomic E-state index is 0.0235. The van der Waals surface area contributed by atoms with Gasteiger partial charge in [-0.1, -0.05) is 6.07 Å². The highest BCUT2D eigenvalue weighted by Gasteiger charge is 2.41. The number of fused-ring (bicyclic) bond motifs is 2. The Morgan fingerprint density at radius 3 is 2.31 bits per heavy atom. The number of ketones is 2. The van der Waals surface area contributed by atoms with Gasteiger partial charge >= 0.3 is 0 Å². The highest BCUT2D eigenvalue weighted by Crippen LogP contribution is 2.43. The van der Waals surface area contributed by atoms with Crippen LogP contribution in [-0.4, -0.2) is 80.5 Å². The Morgan fingerprint density at radius 1 is 1.10 bits per heavy atom. The van der Waals surface area contributed by atoms with Crippen LogP contribution in [0.4, 0.5) is 0 Å². The van der Waals surface area contributed by atoms with E-state index in [4.69, 9.17) is 5.73 Å². The van der Waals surface area contributed by atoms with Gasteiger partial charge in [-0.15, -0.1) is 0 Å². The number of likely N-dealkylation sites (N-methyl/N-ethyl adjacent to an activating group) is 1. The van der Waals surface area contributed by atoms with Crippen molar-refractivity contribution in [1.82, 2.24) is 10.2 Å². The van der Waals surface area contributed by atoms with E-state index in [1.54, 1.807) is 6.07 Å². The molecule has 39 heavy (non-hydrogen) atoms. The molecule has 11 nitrogen and oxygen atoms in total. The van der Waals surface area contributed by atoms with E-state index in [2.05, 4.69) is 5.32 Å². The number of benzene rings is 1. The number of Topliss-reactive ketones (excluding diaryl/α,β-unsaturated/α-hetero) is 2. The Balaban J connectivity index is 2.17. The zero-order chi connectivity index (χ0) is 29.4. The van der Waals surface area contributed by atoms with E-state index < -0.39 is 64.6 Å². The van der Waals surface area contributed by atoms with E-state index in [0.29, 0.717) is 11.1 Å².